The molecule has 0 radical (unpaired) electrons. The molecule has 0 unspecified atom stereocenters. The molecule has 0 aromatic rings. The maximum atomic E-state index is 10.5. The lowest BCUT2D eigenvalue weighted by Crippen LogP contribution is -2.59. The average Bonchev–Trinajstić information content (AvgIpc) is 1.87. The lowest BCUT2D eigenvalue weighted by atomic mass is 10.3. The molecule has 0 aromatic carbocycles. The van der Waals surface area contributed by atoms with E-state index in [-0.39, 0.29) is 12.5 Å². The summed E-state index contributed by atoms with van der Waals surface area (Å²) in [5, 5.41) is 2.35. The molecule has 5 heteroatoms. The lowest BCUT2D eigenvalue weighted by molar-refractivity contribution is -0.355. The van der Waals surface area contributed by atoms with E-state index in [1.807, 2.05) is 0 Å². The standard InChI is InChI=1S/C5H11N3O2/c1-3(5(7)10)8-4(9)2-6/h3H,2,6H2,1H3,(H2,7,10)(H,8,9)/p+1/t3-/m0/s1. The molecule has 58 valence electrons. The van der Waals surface area contributed by atoms with E-state index in [9.17, 15) is 9.59 Å². The van der Waals surface area contributed by atoms with E-state index in [0.29, 0.717) is 0 Å². The summed E-state index contributed by atoms with van der Waals surface area (Å²) in [5.74, 6) is -0.812. The summed E-state index contributed by atoms with van der Waals surface area (Å²) in [7, 11) is 0. The topological polar surface area (TPSA) is 99.8 Å². The van der Waals surface area contributed by atoms with Crippen LogP contribution in [0.25, 0.3) is 0 Å². The summed E-state index contributed by atoms with van der Waals surface area (Å²) in [6.45, 7) is 1.65. The van der Waals surface area contributed by atoms with Crippen LogP contribution >= 0.6 is 0 Å². The van der Waals surface area contributed by atoms with Gasteiger partial charge in [0.15, 0.2) is 6.54 Å². The van der Waals surface area contributed by atoms with Gasteiger partial charge >= 0.3 is 0 Å². The Hall–Kier alpha value is -1.10. The van der Waals surface area contributed by atoms with Gasteiger partial charge in [0.25, 0.3) is 5.91 Å². The minimum atomic E-state index is -0.603. The lowest BCUT2D eigenvalue weighted by Gasteiger charge is -2.06. The molecule has 0 saturated heterocycles. The zero-order valence-electron chi connectivity index (χ0n) is 5.89. The number of nitrogens with two attached hydrogens (primary N) is 1. The number of amides is 2. The fourth-order valence-corrected chi connectivity index (χ4v) is 0.385. The SMILES string of the molecule is C[C@H](NC(=O)C[NH3+])C(N)=O. The number of nitrogens with one attached hydrogen (secondary N) is 1. The van der Waals surface area contributed by atoms with Crippen LogP contribution in [0, 0.1) is 0 Å². The van der Waals surface area contributed by atoms with E-state index in [2.05, 4.69) is 11.1 Å². The molecule has 5 nitrogen and oxygen atoms in total. The number of hydrogen-bond donors (Lipinski definition) is 3. The molecule has 2 amide bonds. The largest absolute Gasteiger partial charge is 0.368 e. The molecule has 0 spiro atoms. The molecule has 0 heterocycles. The third-order valence-electron chi connectivity index (χ3n) is 1.03. The van der Waals surface area contributed by atoms with Crippen LogP contribution in [0.1, 0.15) is 6.92 Å². The van der Waals surface area contributed by atoms with Gasteiger partial charge in [-0.2, -0.15) is 0 Å². The Labute approximate surface area is 58.8 Å². The van der Waals surface area contributed by atoms with Crippen molar-refractivity contribution in [1.29, 1.82) is 0 Å². The Balaban J connectivity index is 3.68. The maximum absolute atomic E-state index is 10.5. The van der Waals surface area contributed by atoms with Gasteiger partial charge in [0, 0.05) is 0 Å². The summed E-state index contributed by atoms with van der Waals surface area (Å²) in [6, 6.07) is -0.603. The monoisotopic (exact) mass is 146 g/mol. The Kier molecular flexibility index (Phi) is 3.42. The zero-order chi connectivity index (χ0) is 8.15. The van der Waals surface area contributed by atoms with Gasteiger partial charge in [0.2, 0.25) is 5.91 Å². The summed E-state index contributed by atoms with van der Waals surface area (Å²) in [5.41, 5.74) is 8.20. The maximum Gasteiger partial charge on any atom is 0.275 e. The molecule has 6 N–H and O–H groups in total. The first-order chi connectivity index (χ1) is 4.57. The van der Waals surface area contributed by atoms with Crippen LogP contribution in [0.4, 0.5) is 0 Å². The van der Waals surface area contributed by atoms with Gasteiger partial charge in [-0.3, -0.25) is 9.59 Å². The molecular weight excluding hydrogens is 134 g/mol. The summed E-state index contributed by atoms with van der Waals surface area (Å²) >= 11 is 0. The van der Waals surface area contributed by atoms with Crippen molar-refractivity contribution >= 4 is 11.8 Å². The summed E-state index contributed by atoms with van der Waals surface area (Å²) < 4.78 is 0. The van der Waals surface area contributed by atoms with Gasteiger partial charge < -0.3 is 16.8 Å². The van der Waals surface area contributed by atoms with Gasteiger partial charge in [-0.15, -0.1) is 0 Å². The third-order valence-corrected chi connectivity index (χ3v) is 1.03. The van der Waals surface area contributed by atoms with Crippen LogP contribution in [-0.4, -0.2) is 24.4 Å². The Morgan fingerprint density at radius 1 is 1.70 bits per heavy atom. The number of carbonyl (C=O) groups excluding carboxylic acids is 2. The fraction of sp³-hybridized carbons (Fsp3) is 0.600. The highest BCUT2D eigenvalue weighted by Gasteiger charge is 2.10. The van der Waals surface area contributed by atoms with E-state index in [4.69, 9.17) is 5.73 Å². The average molecular weight is 146 g/mol. The second-order valence-electron chi connectivity index (χ2n) is 1.94. The zero-order valence-corrected chi connectivity index (χ0v) is 5.89. The van der Waals surface area contributed by atoms with E-state index in [1.165, 1.54) is 6.92 Å². The minimum absolute atomic E-state index is 0.123. The smallest absolute Gasteiger partial charge is 0.275 e. The molecule has 1 atom stereocenters. The molecule has 0 fully saturated rings. The summed E-state index contributed by atoms with van der Waals surface area (Å²) in [4.78, 5) is 20.9. The molecule has 10 heavy (non-hydrogen) atoms. The third kappa shape index (κ3) is 3.03. The van der Waals surface area contributed by atoms with Crippen molar-refractivity contribution in [3.05, 3.63) is 0 Å². The molecular formula is C5H12N3O2+. The van der Waals surface area contributed by atoms with E-state index < -0.39 is 11.9 Å². The molecule has 0 rings (SSSR count). The van der Waals surface area contributed by atoms with Crippen molar-refractivity contribution in [2.24, 2.45) is 5.73 Å². The molecule has 0 aliphatic heterocycles. The molecule has 0 bridgehead atoms. The van der Waals surface area contributed by atoms with Crippen LogP contribution in [-0.2, 0) is 9.59 Å². The van der Waals surface area contributed by atoms with Crippen molar-refractivity contribution in [3.8, 4) is 0 Å². The first kappa shape index (κ1) is 8.90. The van der Waals surface area contributed by atoms with Crippen LogP contribution < -0.4 is 16.8 Å². The van der Waals surface area contributed by atoms with Crippen LogP contribution in [0.2, 0.25) is 0 Å². The normalized spacial score (nSPS) is 12.2. The van der Waals surface area contributed by atoms with Crippen molar-refractivity contribution < 1.29 is 15.3 Å². The van der Waals surface area contributed by atoms with E-state index >= 15 is 0 Å². The minimum Gasteiger partial charge on any atom is -0.368 e. The highest BCUT2D eigenvalue weighted by Crippen LogP contribution is 1.76. The predicted molar refractivity (Wildman–Crippen MR) is 34.6 cm³/mol. The number of rotatable bonds is 3. The summed E-state index contributed by atoms with van der Waals surface area (Å²) in [6.07, 6.45) is 0. The van der Waals surface area contributed by atoms with E-state index in [0.717, 1.165) is 0 Å². The first-order valence-electron chi connectivity index (χ1n) is 2.96. The van der Waals surface area contributed by atoms with Gasteiger partial charge in [0.05, 0.1) is 0 Å². The Bertz CT molecular complexity index is 146. The van der Waals surface area contributed by atoms with Crippen molar-refractivity contribution in [2.75, 3.05) is 6.54 Å². The van der Waals surface area contributed by atoms with Crippen molar-refractivity contribution in [1.82, 2.24) is 5.32 Å². The number of quaternary nitrogens is 1. The Morgan fingerprint density at radius 2 is 2.20 bits per heavy atom. The molecule has 0 aliphatic carbocycles. The first-order valence-corrected chi connectivity index (χ1v) is 2.96. The van der Waals surface area contributed by atoms with Crippen LogP contribution in [0.15, 0.2) is 0 Å². The van der Waals surface area contributed by atoms with Crippen LogP contribution in [0.5, 0.6) is 0 Å². The second-order valence-corrected chi connectivity index (χ2v) is 1.94. The predicted octanol–water partition coefficient (Wildman–Crippen LogP) is -2.78. The van der Waals surface area contributed by atoms with E-state index in [1.54, 1.807) is 0 Å². The molecule has 0 aromatic heterocycles. The molecule has 0 aliphatic rings. The van der Waals surface area contributed by atoms with Gasteiger partial charge in [-0.1, -0.05) is 0 Å². The molecule has 0 saturated carbocycles. The van der Waals surface area contributed by atoms with Crippen molar-refractivity contribution in [3.63, 3.8) is 0 Å². The number of hydrogen-bond acceptors (Lipinski definition) is 2. The number of primary amides is 1. The van der Waals surface area contributed by atoms with Crippen molar-refractivity contribution in [2.45, 2.75) is 13.0 Å². The quantitative estimate of drug-likeness (QED) is 0.401. The second kappa shape index (κ2) is 3.84. The van der Waals surface area contributed by atoms with Gasteiger partial charge in [0.1, 0.15) is 6.04 Å². The van der Waals surface area contributed by atoms with Gasteiger partial charge in [-0.25, -0.2) is 0 Å². The fourth-order valence-electron chi connectivity index (χ4n) is 0.385. The highest BCUT2D eigenvalue weighted by molar-refractivity contribution is 5.86. The van der Waals surface area contributed by atoms with Crippen LogP contribution in [0.3, 0.4) is 0 Å². The highest BCUT2D eigenvalue weighted by atomic mass is 16.2. The number of carbonyl (C=O) groups is 2. The Morgan fingerprint density at radius 3 is 2.50 bits per heavy atom. The van der Waals surface area contributed by atoms with Gasteiger partial charge in [-0.05, 0) is 6.92 Å².